The minimum atomic E-state index is -0.201. The summed E-state index contributed by atoms with van der Waals surface area (Å²) in [6.07, 6.45) is 3.65. The topological polar surface area (TPSA) is 42.0 Å². The number of rotatable bonds is 3. The van der Waals surface area contributed by atoms with Crippen LogP contribution in [0, 0.1) is 0 Å². The van der Waals surface area contributed by atoms with Crippen molar-refractivity contribution in [2.24, 2.45) is 0 Å². The molecule has 136 valence electrons. The zero-order chi connectivity index (χ0) is 17.1. The van der Waals surface area contributed by atoms with Crippen molar-refractivity contribution in [3.05, 3.63) is 35.9 Å². The Kier molecular flexibility index (Phi) is 5.06. The molecule has 1 aromatic carbocycles. The largest absolute Gasteiger partial charge is 0.379 e. The van der Waals surface area contributed by atoms with Crippen molar-refractivity contribution in [1.82, 2.24) is 9.80 Å². The summed E-state index contributed by atoms with van der Waals surface area (Å²) < 4.78 is 11.2. The van der Waals surface area contributed by atoms with Crippen LogP contribution in [0.3, 0.4) is 0 Å². The van der Waals surface area contributed by atoms with E-state index in [0.717, 1.165) is 71.7 Å². The quantitative estimate of drug-likeness (QED) is 0.841. The number of amides is 1. The molecule has 1 aromatic rings. The molecule has 1 unspecified atom stereocenters. The molecule has 1 atom stereocenters. The monoisotopic (exact) mass is 344 g/mol. The van der Waals surface area contributed by atoms with Gasteiger partial charge in [0.1, 0.15) is 6.10 Å². The van der Waals surface area contributed by atoms with Crippen molar-refractivity contribution >= 4 is 5.91 Å². The molecule has 0 spiro atoms. The minimum absolute atomic E-state index is 0.0261. The van der Waals surface area contributed by atoms with E-state index in [1.165, 1.54) is 5.56 Å². The first-order valence-electron chi connectivity index (χ1n) is 9.58. The van der Waals surface area contributed by atoms with E-state index in [0.29, 0.717) is 0 Å². The zero-order valence-corrected chi connectivity index (χ0v) is 14.9. The summed E-state index contributed by atoms with van der Waals surface area (Å²) in [5.41, 5.74) is 1.40. The van der Waals surface area contributed by atoms with Gasteiger partial charge in [-0.25, -0.2) is 0 Å². The summed E-state index contributed by atoms with van der Waals surface area (Å²) in [6, 6.07) is 10.8. The van der Waals surface area contributed by atoms with E-state index in [-0.39, 0.29) is 17.6 Å². The van der Waals surface area contributed by atoms with E-state index < -0.39 is 0 Å². The number of morpholine rings is 1. The number of piperidine rings is 1. The molecule has 3 saturated heterocycles. The van der Waals surface area contributed by atoms with Crippen molar-refractivity contribution < 1.29 is 14.3 Å². The fourth-order valence-corrected chi connectivity index (χ4v) is 4.60. The third kappa shape index (κ3) is 3.33. The lowest BCUT2D eigenvalue weighted by Gasteiger charge is -2.50. The number of ether oxygens (including phenoxy) is 2. The van der Waals surface area contributed by atoms with E-state index in [9.17, 15) is 4.79 Å². The fourth-order valence-electron chi connectivity index (χ4n) is 4.60. The molecule has 4 rings (SSSR count). The second-order valence-corrected chi connectivity index (χ2v) is 7.32. The number of nitrogens with zero attached hydrogens (tertiary/aromatic N) is 2. The van der Waals surface area contributed by atoms with Crippen molar-refractivity contribution in [2.45, 2.75) is 37.3 Å². The van der Waals surface area contributed by atoms with Crippen LogP contribution in [0.25, 0.3) is 0 Å². The summed E-state index contributed by atoms with van der Waals surface area (Å²) in [7, 11) is 0. The van der Waals surface area contributed by atoms with Crippen molar-refractivity contribution in [3.8, 4) is 0 Å². The van der Waals surface area contributed by atoms with Gasteiger partial charge in [0.2, 0.25) is 0 Å². The molecule has 0 bridgehead atoms. The Labute approximate surface area is 149 Å². The molecule has 1 amide bonds. The lowest BCUT2D eigenvalue weighted by molar-refractivity contribution is -0.144. The summed E-state index contributed by atoms with van der Waals surface area (Å²) in [5.74, 6) is 0.195. The predicted molar refractivity (Wildman–Crippen MR) is 95.3 cm³/mol. The lowest BCUT2D eigenvalue weighted by atomic mass is 9.79. The third-order valence-corrected chi connectivity index (χ3v) is 6.03. The molecule has 3 heterocycles. The molecular weight excluding hydrogens is 316 g/mol. The molecule has 3 aliphatic heterocycles. The molecule has 3 aliphatic rings. The average molecular weight is 344 g/mol. The summed E-state index contributed by atoms with van der Waals surface area (Å²) >= 11 is 0. The van der Waals surface area contributed by atoms with Crippen LogP contribution in [0.2, 0.25) is 0 Å². The molecule has 0 N–H and O–H groups in total. The lowest BCUT2D eigenvalue weighted by Crippen LogP contribution is -2.57. The van der Waals surface area contributed by atoms with Gasteiger partial charge in [0.15, 0.2) is 0 Å². The van der Waals surface area contributed by atoms with Crippen molar-refractivity contribution in [3.63, 3.8) is 0 Å². The maximum Gasteiger partial charge on any atom is 0.251 e. The first kappa shape index (κ1) is 17.0. The molecule has 0 saturated carbocycles. The van der Waals surface area contributed by atoms with Crippen LogP contribution in [0.1, 0.15) is 31.2 Å². The molecule has 5 nitrogen and oxygen atoms in total. The highest BCUT2D eigenvalue weighted by Crippen LogP contribution is 2.39. The average Bonchev–Trinajstić information content (AvgIpc) is 3.24. The van der Waals surface area contributed by atoms with Gasteiger partial charge in [-0.3, -0.25) is 9.69 Å². The van der Waals surface area contributed by atoms with E-state index in [4.69, 9.17) is 9.47 Å². The Hall–Kier alpha value is -1.43. The number of carbonyl (C=O) groups is 1. The van der Waals surface area contributed by atoms with E-state index in [1.54, 1.807) is 0 Å². The molecule has 25 heavy (non-hydrogen) atoms. The smallest absolute Gasteiger partial charge is 0.251 e. The van der Waals surface area contributed by atoms with Gasteiger partial charge in [-0.2, -0.15) is 0 Å². The van der Waals surface area contributed by atoms with Gasteiger partial charge in [0.25, 0.3) is 5.91 Å². The van der Waals surface area contributed by atoms with Crippen LogP contribution in [-0.2, 0) is 19.8 Å². The van der Waals surface area contributed by atoms with E-state index in [1.807, 2.05) is 4.90 Å². The van der Waals surface area contributed by atoms with Gasteiger partial charge in [0.05, 0.1) is 13.2 Å². The standard InChI is InChI=1S/C20H28N2O3/c23-19(18-7-4-14-25-18)21-10-8-20(9-11-21,17-5-2-1-3-6-17)22-12-15-24-16-13-22/h1-3,5-6,18H,4,7-16H2. The Bertz CT molecular complexity index is 572. The predicted octanol–water partition coefficient (Wildman–Crippen LogP) is 2.02. The number of carbonyl (C=O) groups excluding carboxylic acids is 1. The van der Waals surface area contributed by atoms with Gasteiger partial charge >= 0.3 is 0 Å². The van der Waals surface area contributed by atoms with Gasteiger partial charge in [0, 0.05) is 38.3 Å². The van der Waals surface area contributed by atoms with Crippen LogP contribution in [0.15, 0.2) is 30.3 Å². The third-order valence-electron chi connectivity index (χ3n) is 6.03. The normalized spacial score (nSPS) is 27.4. The summed E-state index contributed by atoms with van der Waals surface area (Å²) in [4.78, 5) is 17.3. The Balaban J connectivity index is 1.52. The van der Waals surface area contributed by atoms with Crippen LogP contribution in [0.4, 0.5) is 0 Å². The van der Waals surface area contributed by atoms with Crippen LogP contribution in [0.5, 0.6) is 0 Å². The molecule has 3 fully saturated rings. The second-order valence-electron chi connectivity index (χ2n) is 7.32. The Morgan fingerprint density at radius 1 is 1.00 bits per heavy atom. The zero-order valence-electron chi connectivity index (χ0n) is 14.9. The molecular formula is C20H28N2O3. The first-order valence-corrected chi connectivity index (χ1v) is 9.58. The van der Waals surface area contributed by atoms with Crippen LogP contribution >= 0.6 is 0 Å². The van der Waals surface area contributed by atoms with Crippen molar-refractivity contribution in [2.75, 3.05) is 46.0 Å². The molecule has 0 aliphatic carbocycles. The SMILES string of the molecule is O=C(C1CCCO1)N1CCC(c2ccccc2)(N2CCOCC2)CC1. The van der Waals surface area contributed by atoms with Crippen LogP contribution < -0.4 is 0 Å². The maximum atomic E-state index is 12.7. The minimum Gasteiger partial charge on any atom is -0.379 e. The fraction of sp³-hybridized carbons (Fsp3) is 0.650. The number of hydrogen-bond donors (Lipinski definition) is 0. The Morgan fingerprint density at radius 3 is 2.36 bits per heavy atom. The number of benzene rings is 1. The van der Waals surface area contributed by atoms with Gasteiger partial charge in [-0.05, 0) is 31.2 Å². The van der Waals surface area contributed by atoms with Crippen molar-refractivity contribution in [1.29, 1.82) is 0 Å². The van der Waals surface area contributed by atoms with E-state index >= 15 is 0 Å². The highest BCUT2D eigenvalue weighted by Gasteiger charge is 2.43. The Morgan fingerprint density at radius 2 is 1.72 bits per heavy atom. The van der Waals surface area contributed by atoms with Gasteiger partial charge in [-0.15, -0.1) is 0 Å². The molecule has 5 heteroatoms. The summed E-state index contributed by atoms with van der Waals surface area (Å²) in [6.45, 7) is 5.88. The first-order chi connectivity index (χ1) is 12.3. The van der Waals surface area contributed by atoms with Gasteiger partial charge in [-0.1, -0.05) is 30.3 Å². The van der Waals surface area contributed by atoms with E-state index in [2.05, 4.69) is 35.2 Å². The molecule has 0 aromatic heterocycles. The van der Waals surface area contributed by atoms with Gasteiger partial charge < -0.3 is 14.4 Å². The molecule has 0 radical (unpaired) electrons. The number of likely N-dealkylation sites (tertiary alicyclic amines) is 1. The second kappa shape index (κ2) is 7.44. The highest BCUT2D eigenvalue weighted by molar-refractivity contribution is 5.81. The number of hydrogen-bond acceptors (Lipinski definition) is 4. The summed E-state index contributed by atoms with van der Waals surface area (Å²) in [5, 5.41) is 0. The highest BCUT2D eigenvalue weighted by atomic mass is 16.5. The maximum absolute atomic E-state index is 12.7. The van der Waals surface area contributed by atoms with Crippen LogP contribution in [-0.4, -0.2) is 67.8 Å².